The predicted molar refractivity (Wildman–Crippen MR) is 29.5 cm³/mol. The molecule has 0 radical (unpaired) electrons. The van der Waals surface area contributed by atoms with Gasteiger partial charge in [0.25, 0.3) is 0 Å². The smallest absolute Gasteiger partial charge is 0.672 e. The molecule has 15 heteroatoms. The van der Waals surface area contributed by atoms with Crippen molar-refractivity contribution in [2.45, 2.75) is 0 Å². The topological polar surface area (TPSA) is 184 Å². The van der Waals surface area contributed by atoms with Crippen molar-refractivity contribution < 1.29 is 79.9 Å². The molecule has 0 amide bonds. The molecule has 72 valence electrons. The molecule has 0 rings (SSSR count). The van der Waals surface area contributed by atoms with Crippen LogP contribution in [0.5, 0.6) is 0 Å². The maximum atomic E-state index is 8.74. The van der Waals surface area contributed by atoms with Gasteiger partial charge in [-0.15, -0.1) is 0 Å². The minimum Gasteiger partial charge on any atom is -0.672 e. The molecular weight excluding hydrogens is 266 g/mol. The molecule has 0 bridgehead atoms. The zero-order valence-corrected chi connectivity index (χ0v) is 12.4. The van der Waals surface area contributed by atoms with Crippen LogP contribution in [0, 0.1) is 0 Å². The molecule has 15 heavy (non-hydrogen) atoms. The van der Waals surface area contributed by atoms with Gasteiger partial charge in [0.1, 0.15) is 0 Å². The summed E-state index contributed by atoms with van der Waals surface area (Å²) in [7, 11) is -10.4. The third kappa shape index (κ3) is 3690. The molecule has 0 aromatic rings. The second-order valence-electron chi connectivity index (χ2n) is 0.783. The van der Waals surface area contributed by atoms with E-state index in [0.29, 0.717) is 0 Å². The van der Waals surface area contributed by atoms with Crippen LogP contribution in [0.3, 0.4) is 0 Å². The van der Waals surface area contributed by atoms with Crippen LogP contribution in [-0.2, 0) is 13.4 Å². The second kappa shape index (κ2) is 29.4. The molecule has 0 aliphatic carbocycles. The van der Waals surface area contributed by atoms with Crippen LogP contribution >= 0.6 is 0 Å². The van der Waals surface area contributed by atoms with Crippen molar-refractivity contribution in [3.05, 3.63) is 0 Å². The Morgan fingerprint density at radius 1 is 0.733 bits per heavy atom. The van der Waals surface area contributed by atoms with Crippen LogP contribution in [0.2, 0.25) is 0 Å². The first kappa shape index (κ1) is 36.0. The summed E-state index contributed by atoms with van der Waals surface area (Å²) in [5, 5.41) is 0. The molecule has 2 N–H and O–H groups in total. The van der Waals surface area contributed by atoms with E-state index in [1.54, 1.807) is 0 Å². The maximum absolute atomic E-state index is 8.74. The van der Waals surface area contributed by atoms with Gasteiger partial charge in [-0.05, 0) is 0 Å². The first-order chi connectivity index (χ1) is 5.20. The summed E-state index contributed by atoms with van der Waals surface area (Å²) < 4.78 is 25.8. The fraction of sp³-hybridized carbons (Fsp3) is 0. The van der Waals surface area contributed by atoms with E-state index < -0.39 is 27.5 Å². The molecule has 9 nitrogen and oxygen atoms in total. The molecule has 0 aromatic carbocycles. The largest absolute Gasteiger partial charge is 2.00 e. The summed E-state index contributed by atoms with van der Waals surface area (Å²) in [6.07, 6.45) is 0. The number of hydrogen-bond acceptors (Lipinski definition) is 7. The minimum atomic E-state index is -3.63. The quantitative estimate of drug-likeness (QED) is 0.402. The normalized spacial score (nSPS) is 4.80. The van der Waals surface area contributed by atoms with Gasteiger partial charge in [-0.25, -0.2) is 0 Å². The van der Waals surface area contributed by atoms with E-state index >= 15 is 0 Å². The third-order valence-electron chi connectivity index (χ3n) is 0. The monoisotopic (exact) mass is 268 g/mol. The van der Waals surface area contributed by atoms with Crippen LogP contribution in [0.4, 0.5) is 0 Å². The summed E-state index contributed by atoms with van der Waals surface area (Å²) in [6, 6.07) is 0. The van der Waals surface area contributed by atoms with Crippen molar-refractivity contribution in [1.82, 2.24) is 0 Å². The van der Waals surface area contributed by atoms with E-state index in [9.17, 15) is 0 Å². The van der Waals surface area contributed by atoms with Gasteiger partial charge in [-0.2, -0.15) is 0 Å². The SMILES string of the molecule is O=[Si](O)O.O=[Si]([O-])[O-].O=[Si]([O-])[O-].[Li+].[Li+].[Mg+2]. The van der Waals surface area contributed by atoms with Gasteiger partial charge in [-0.1, -0.05) is 0 Å². The van der Waals surface area contributed by atoms with Gasteiger partial charge in [-0.3, -0.25) is 4.46 Å². The zero-order chi connectivity index (χ0) is 10.7. The van der Waals surface area contributed by atoms with Gasteiger partial charge in [0, 0.05) is 18.3 Å². The van der Waals surface area contributed by atoms with Crippen LogP contribution < -0.4 is 56.9 Å². The Labute approximate surface area is 129 Å². The average Bonchev–Trinajstić information content (AvgIpc) is 1.54. The van der Waals surface area contributed by atoms with E-state index in [2.05, 4.69) is 0 Å². The molecule has 0 atom stereocenters. The third-order valence-corrected chi connectivity index (χ3v) is 0. The fourth-order valence-corrected chi connectivity index (χ4v) is 0. The average molecular weight is 268 g/mol. The number of hydrogen-bond donors (Lipinski definition) is 2. The van der Waals surface area contributed by atoms with Crippen molar-refractivity contribution in [2.75, 3.05) is 0 Å². The maximum Gasteiger partial charge on any atom is 2.00 e. The van der Waals surface area contributed by atoms with Gasteiger partial charge in [0.2, 0.25) is 0 Å². The predicted octanol–water partition coefficient (Wildman–Crippen LogP) is -13.7. The summed E-state index contributed by atoms with van der Waals surface area (Å²) in [6.45, 7) is 0. The first-order valence-electron chi connectivity index (χ1n) is 1.88. The molecule has 0 heterocycles. The summed E-state index contributed by atoms with van der Waals surface area (Å²) >= 11 is 0. The Morgan fingerprint density at radius 3 is 0.733 bits per heavy atom. The van der Waals surface area contributed by atoms with Crippen molar-refractivity contribution in [2.24, 2.45) is 0 Å². The van der Waals surface area contributed by atoms with Crippen LogP contribution in [0.1, 0.15) is 0 Å². The summed E-state index contributed by atoms with van der Waals surface area (Å²) in [5.74, 6) is 0. The Kier molecular flexibility index (Phi) is 70.5. The zero-order valence-electron chi connectivity index (χ0n) is 7.96. The van der Waals surface area contributed by atoms with Crippen LogP contribution in [0.25, 0.3) is 0 Å². The van der Waals surface area contributed by atoms with Gasteiger partial charge in [0.05, 0.1) is 0 Å². The molecule has 0 unspecified atom stereocenters. The molecule has 0 aliphatic rings. The van der Waals surface area contributed by atoms with E-state index in [-0.39, 0.29) is 60.8 Å². The molecule has 0 fully saturated rings. The Hall–Kier alpha value is 0.812. The fourth-order valence-electron chi connectivity index (χ4n) is 0. The van der Waals surface area contributed by atoms with E-state index in [1.165, 1.54) is 0 Å². The first-order valence-corrected chi connectivity index (χ1v) is 5.63. The van der Waals surface area contributed by atoms with Gasteiger partial charge >= 0.3 is 69.9 Å². The Bertz CT molecular complexity index is 121. The van der Waals surface area contributed by atoms with E-state index in [0.717, 1.165) is 0 Å². The second-order valence-corrected chi connectivity index (χ2v) is 2.35. The Morgan fingerprint density at radius 2 is 0.733 bits per heavy atom. The molecule has 0 spiro atoms. The standard InChI is InChI=1S/2Li.Mg.H2O3Si.2O3Si/c;;;3*1-4(2)3/h;;;1-2H;;/q2*+1;+2;;2*-2. The van der Waals surface area contributed by atoms with Crippen molar-refractivity contribution in [3.63, 3.8) is 0 Å². The van der Waals surface area contributed by atoms with Gasteiger partial charge < -0.3 is 37.7 Å². The van der Waals surface area contributed by atoms with Crippen molar-refractivity contribution >= 4 is 50.6 Å². The summed E-state index contributed by atoms with van der Waals surface area (Å²) in [4.78, 5) is 48.4. The molecule has 0 aromatic heterocycles. The number of rotatable bonds is 0. The van der Waals surface area contributed by atoms with Crippen molar-refractivity contribution in [3.8, 4) is 0 Å². The van der Waals surface area contributed by atoms with E-state index in [4.69, 9.17) is 42.2 Å². The minimum absolute atomic E-state index is 0. The van der Waals surface area contributed by atoms with Gasteiger partial charge in [0.15, 0.2) is 0 Å². The van der Waals surface area contributed by atoms with Crippen LogP contribution in [-0.4, -0.2) is 60.2 Å². The van der Waals surface area contributed by atoms with E-state index in [1.807, 2.05) is 0 Å². The molecule has 0 aliphatic heterocycles. The molecular formula is H2Li2MgO9Si3. The Balaban J connectivity index is -0.0000000184. The summed E-state index contributed by atoms with van der Waals surface area (Å²) in [5.41, 5.74) is 0. The molecule has 0 saturated carbocycles. The molecule has 0 saturated heterocycles. The van der Waals surface area contributed by atoms with Crippen molar-refractivity contribution in [1.29, 1.82) is 0 Å². The van der Waals surface area contributed by atoms with Crippen LogP contribution in [0.15, 0.2) is 0 Å².